The molecule has 0 radical (unpaired) electrons. The number of fused-ring (bicyclic) bond motifs is 1. The van der Waals surface area contributed by atoms with Crippen LogP contribution >= 0.6 is 0 Å². The van der Waals surface area contributed by atoms with Crippen LogP contribution in [0.4, 0.5) is 11.4 Å². The van der Waals surface area contributed by atoms with Gasteiger partial charge < -0.3 is 15.3 Å². The maximum Gasteiger partial charge on any atom is 0.230 e. The number of benzene rings is 1. The molecule has 5 nitrogen and oxygen atoms in total. The molecule has 2 atom stereocenters. The second kappa shape index (κ2) is 6.08. The Bertz CT molecular complexity index is 600. The fourth-order valence-corrected chi connectivity index (χ4v) is 3.48. The molecule has 1 heterocycles. The van der Waals surface area contributed by atoms with Gasteiger partial charge in [-0.1, -0.05) is 0 Å². The number of nitrogens with one attached hydrogen (secondary N) is 1. The molecule has 22 heavy (non-hydrogen) atoms. The molecule has 0 spiro atoms. The first-order chi connectivity index (χ1) is 10.6. The second-order valence-electron chi connectivity index (χ2n) is 6.21. The number of aliphatic hydroxyl groups excluding tert-OH is 1. The van der Waals surface area contributed by atoms with Gasteiger partial charge >= 0.3 is 0 Å². The number of hydrogen-bond acceptors (Lipinski definition) is 3. The number of carbonyl (C=O) groups is 2. The lowest BCUT2D eigenvalue weighted by Crippen LogP contribution is -2.33. The van der Waals surface area contributed by atoms with Crippen molar-refractivity contribution < 1.29 is 14.7 Å². The summed E-state index contributed by atoms with van der Waals surface area (Å²) in [6.07, 6.45) is 3.68. The Kier molecular flexibility index (Phi) is 4.16. The van der Waals surface area contributed by atoms with Gasteiger partial charge in [0.15, 0.2) is 0 Å². The SMILES string of the molecule is CC(=O)N1CCCc2cc(NC(=O)C3CCCC3O)ccc21. The minimum Gasteiger partial charge on any atom is -0.392 e. The van der Waals surface area contributed by atoms with Gasteiger partial charge in [-0.3, -0.25) is 9.59 Å². The van der Waals surface area contributed by atoms with Gasteiger partial charge in [0.05, 0.1) is 12.0 Å². The van der Waals surface area contributed by atoms with Gasteiger partial charge in [0.2, 0.25) is 11.8 Å². The predicted molar refractivity (Wildman–Crippen MR) is 84.8 cm³/mol. The van der Waals surface area contributed by atoms with Crippen LogP contribution in [0.5, 0.6) is 0 Å². The van der Waals surface area contributed by atoms with Crippen molar-refractivity contribution in [1.29, 1.82) is 0 Å². The minimum atomic E-state index is -0.522. The van der Waals surface area contributed by atoms with Crippen molar-refractivity contribution in [3.8, 4) is 0 Å². The number of rotatable bonds is 2. The van der Waals surface area contributed by atoms with Crippen LogP contribution in [0.2, 0.25) is 0 Å². The predicted octanol–water partition coefficient (Wildman–Crippen LogP) is 2.09. The molecule has 118 valence electrons. The van der Waals surface area contributed by atoms with E-state index in [1.165, 1.54) is 0 Å². The van der Waals surface area contributed by atoms with Crippen molar-refractivity contribution in [2.45, 2.75) is 45.1 Å². The number of nitrogens with zero attached hydrogens (tertiary/aromatic N) is 1. The van der Waals surface area contributed by atoms with Gasteiger partial charge in [0, 0.05) is 24.8 Å². The van der Waals surface area contributed by atoms with Crippen molar-refractivity contribution >= 4 is 23.2 Å². The molecule has 2 amide bonds. The smallest absolute Gasteiger partial charge is 0.230 e. The summed E-state index contributed by atoms with van der Waals surface area (Å²) >= 11 is 0. The number of amides is 2. The van der Waals surface area contributed by atoms with E-state index in [2.05, 4.69) is 5.32 Å². The van der Waals surface area contributed by atoms with Crippen LogP contribution in [0, 0.1) is 5.92 Å². The summed E-state index contributed by atoms with van der Waals surface area (Å²) in [4.78, 5) is 25.7. The van der Waals surface area contributed by atoms with Crippen molar-refractivity contribution in [3.05, 3.63) is 23.8 Å². The van der Waals surface area contributed by atoms with Crippen LogP contribution in [-0.4, -0.2) is 29.6 Å². The Morgan fingerprint density at radius 3 is 2.77 bits per heavy atom. The molecular weight excluding hydrogens is 280 g/mol. The maximum atomic E-state index is 12.2. The Morgan fingerprint density at radius 1 is 1.27 bits per heavy atom. The highest BCUT2D eigenvalue weighted by Crippen LogP contribution is 2.31. The molecule has 2 N–H and O–H groups in total. The van der Waals surface area contributed by atoms with Crippen molar-refractivity contribution in [3.63, 3.8) is 0 Å². The summed E-state index contributed by atoms with van der Waals surface area (Å²) in [5.74, 6) is -0.360. The molecule has 1 fully saturated rings. The first-order valence-electron chi connectivity index (χ1n) is 7.96. The van der Waals surface area contributed by atoms with E-state index in [1.807, 2.05) is 18.2 Å². The number of aliphatic hydroxyl groups is 1. The van der Waals surface area contributed by atoms with Gasteiger partial charge in [-0.15, -0.1) is 0 Å². The second-order valence-corrected chi connectivity index (χ2v) is 6.21. The Labute approximate surface area is 130 Å². The Balaban J connectivity index is 1.76. The van der Waals surface area contributed by atoms with Crippen LogP contribution in [0.3, 0.4) is 0 Å². The highest BCUT2D eigenvalue weighted by Gasteiger charge is 2.31. The van der Waals surface area contributed by atoms with E-state index in [0.29, 0.717) is 6.42 Å². The van der Waals surface area contributed by atoms with Crippen LogP contribution < -0.4 is 10.2 Å². The summed E-state index contributed by atoms with van der Waals surface area (Å²) in [6, 6.07) is 5.68. The standard InChI is InChI=1S/C17H22N2O3/c1-11(20)19-9-3-4-12-10-13(7-8-15(12)19)18-17(22)14-5-2-6-16(14)21/h7-8,10,14,16,21H,2-6,9H2,1H3,(H,18,22). The first kappa shape index (κ1) is 15.0. The molecule has 1 aliphatic carbocycles. The van der Waals surface area contributed by atoms with Gasteiger partial charge in [-0.05, 0) is 55.9 Å². The molecule has 1 aliphatic heterocycles. The van der Waals surface area contributed by atoms with E-state index in [1.54, 1.807) is 11.8 Å². The molecule has 0 bridgehead atoms. The third-order valence-electron chi connectivity index (χ3n) is 4.66. The average Bonchev–Trinajstić information content (AvgIpc) is 2.92. The number of carbonyl (C=O) groups excluding carboxylic acids is 2. The Hall–Kier alpha value is -1.88. The van der Waals surface area contributed by atoms with Gasteiger partial charge in [0.1, 0.15) is 0 Å². The molecule has 0 saturated heterocycles. The first-order valence-corrected chi connectivity index (χ1v) is 7.96. The summed E-state index contributed by atoms with van der Waals surface area (Å²) in [7, 11) is 0. The van der Waals surface area contributed by atoms with Gasteiger partial charge in [0.25, 0.3) is 0 Å². The van der Waals surface area contributed by atoms with Gasteiger partial charge in [-0.25, -0.2) is 0 Å². The maximum absolute atomic E-state index is 12.2. The molecule has 2 aliphatic rings. The summed E-state index contributed by atoms with van der Waals surface area (Å²) in [6.45, 7) is 2.33. The molecule has 1 aromatic carbocycles. The van der Waals surface area contributed by atoms with E-state index in [-0.39, 0.29) is 17.7 Å². The zero-order valence-electron chi connectivity index (χ0n) is 12.8. The lowest BCUT2D eigenvalue weighted by Gasteiger charge is -2.29. The minimum absolute atomic E-state index is 0.0480. The van der Waals surface area contributed by atoms with E-state index in [4.69, 9.17) is 0 Å². The lowest BCUT2D eigenvalue weighted by molar-refractivity contribution is -0.122. The molecule has 1 saturated carbocycles. The zero-order chi connectivity index (χ0) is 15.7. The summed E-state index contributed by atoms with van der Waals surface area (Å²) in [5, 5.41) is 12.7. The molecular formula is C17H22N2O3. The number of hydrogen-bond donors (Lipinski definition) is 2. The summed E-state index contributed by atoms with van der Waals surface area (Å²) < 4.78 is 0. The monoisotopic (exact) mass is 302 g/mol. The van der Waals surface area contributed by atoms with Crippen molar-refractivity contribution in [1.82, 2.24) is 0 Å². The largest absolute Gasteiger partial charge is 0.392 e. The van der Waals surface area contributed by atoms with E-state index in [9.17, 15) is 14.7 Å². The molecule has 3 rings (SSSR count). The fraction of sp³-hybridized carbons (Fsp3) is 0.529. The Morgan fingerprint density at radius 2 is 2.09 bits per heavy atom. The van der Waals surface area contributed by atoms with Crippen LogP contribution in [0.15, 0.2) is 18.2 Å². The third-order valence-corrected chi connectivity index (χ3v) is 4.66. The third kappa shape index (κ3) is 2.86. The number of anilines is 2. The van der Waals surface area contributed by atoms with Gasteiger partial charge in [-0.2, -0.15) is 0 Å². The fourth-order valence-electron chi connectivity index (χ4n) is 3.48. The topological polar surface area (TPSA) is 69.6 Å². The van der Waals surface area contributed by atoms with Crippen LogP contribution in [0.1, 0.15) is 38.2 Å². The summed E-state index contributed by atoms with van der Waals surface area (Å²) in [5.41, 5.74) is 2.78. The molecule has 2 unspecified atom stereocenters. The van der Waals surface area contributed by atoms with Crippen molar-refractivity contribution in [2.24, 2.45) is 5.92 Å². The number of aryl methyl sites for hydroxylation is 1. The lowest BCUT2D eigenvalue weighted by atomic mass is 10.00. The van der Waals surface area contributed by atoms with Crippen molar-refractivity contribution in [2.75, 3.05) is 16.8 Å². The normalized spacial score (nSPS) is 24.0. The van der Waals surface area contributed by atoms with Crippen LogP contribution in [0.25, 0.3) is 0 Å². The average molecular weight is 302 g/mol. The molecule has 0 aromatic heterocycles. The van der Waals surface area contributed by atoms with E-state index < -0.39 is 6.10 Å². The van der Waals surface area contributed by atoms with E-state index in [0.717, 1.165) is 49.2 Å². The van der Waals surface area contributed by atoms with E-state index >= 15 is 0 Å². The quantitative estimate of drug-likeness (QED) is 0.879. The van der Waals surface area contributed by atoms with Crippen LogP contribution in [-0.2, 0) is 16.0 Å². The molecule has 5 heteroatoms. The highest BCUT2D eigenvalue weighted by molar-refractivity contribution is 5.95. The molecule has 1 aromatic rings. The highest BCUT2D eigenvalue weighted by atomic mass is 16.3. The zero-order valence-corrected chi connectivity index (χ0v) is 12.8.